The van der Waals surface area contributed by atoms with E-state index in [1.807, 2.05) is 55.8 Å². The fraction of sp³-hybridized carbons (Fsp3) is 0.492. The molecule has 5 aliphatic rings. The Balaban J connectivity index is 1.13. The van der Waals surface area contributed by atoms with E-state index < -0.39 is 53.6 Å². The van der Waals surface area contributed by atoms with Gasteiger partial charge in [0.2, 0.25) is 0 Å². The fourth-order valence-corrected chi connectivity index (χ4v) is 20.6. The lowest BCUT2D eigenvalue weighted by molar-refractivity contribution is -0.150. The number of hydrogen-bond donors (Lipinski definition) is 8. The highest BCUT2D eigenvalue weighted by molar-refractivity contribution is 8.77. The van der Waals surface area contributed by atoms with Crippen LogP contribution in [0.5, 0.6) is 28.7 Å². The average Bonchev–Trinajstić information content (AvgIpc) is 4.06. The van der Waals surface area contributed by atoms with Crippen molar-refractivity contribution in [1.82, 2.24) is 10.3 Å². The molecule has 0 saturated heterocycles. The van der Waals surface area contributed by atoms with E-state index in [9.17, 15) is 30.6 Å². The van der Waals surface area contributed by atoms with E-state index in [0.717, 1.165) is 119 Å². The number of aromatic nitrogens is 1. The first-order valence-electron chi connectivity index (χ1n) is 29.1. The number of aromatic hydroxyl groups is 2. The molecule has 10 atom stereocenters. The Labute approximate surface area is 492 Å². The second-order valence-electron chi connectivity index (χ2n) is 23.2. The molecule has 432 valence electrons. The zero-order chi connectivity index (χ0) is 56.4. The van der Waals surface area contributed by atoms with Gasteiger partial charge >= 0.3 is 0 Å². The zero-order valence-electron chi connectivity index (χ0n) is 46.6. The van der Waals surface area contributed by atoms with Crippen molar-refractivity contribution < 1.29 is 49.6 Å². The molecule has 81 heavy (non-hydrogen) atoms. The van der Waals surface area contributed by atoms with Gasteiger partial charge in [-0.2, -0.15) is 0 Å². The molecule has 1 aromatic heterocycles. The number of ether oxygens (including phenoxy) is 3. The molecule has 2 aliphatic heterocycles. The van der Waals surface area contributed by atoms with Crippen LogP contribution in [-0.2, 0) is 41.4 Å². The van der Waals surface area contributed by atoms with Gasteiger partial charge in [-0.15, -0.1) is 0 Å². The number of carbonyl (C=O) groups excluding carboxylic acids is 1. The molecule has 10 unspecified atom stereocenters. The van der Waals surface area contributed by atoms with Gasteiger partial charge in [0.05, 0.1) is 36.6 Å². The van der Waals surface area contributed by atoms with Crippen LogP contribution in [0.1, 0.15) is 126 Å². The third-order valence-electron chi connectivity index (χ3n) is 19.0. The van der Waals surface area contributed by atoms with Crippen molar-refractivity contribution in [3.8, 4) is 28.7 Å². The molecule has 12 nitrogen and oxygen atoms in total. The highest BCUT2D eigenvalue weighted by Gasteiger charge is 2.62. The summed E-state index contributed by atoms with van der Waals surface area (Å²) in [6, 6.07) is 27.4. The van der Waals surface area contributed by atoms with Gasteiger partial charge in [-0.25, -0.2) is 0 Å². The van der Waals surface area contributed by atoms with E-state index in [-0.39, 0.29) is 47.6 Å². The highest BCUT2D eigenvalue weighted by Crippen LogP contribution is 2.58. The number of ketones is 1. The maximum atomic E-state index is 17.5. The number of hydrogen-bond acceptors (Lipinski definition) is 15. The summed E-state index contributed by atoms with van der Waals surface area (Å²) in [5, 5.41) is 78.5. The topological polar surface area (TPSA) is 194 Å². The van der Waals surface area contributed by atoms with Crippen molar-refractivity contribution in [3.05, 3.63) is 147 Å². The molecular weight excluding hydrogens is 1100 g/mol. The first-order chi connectivity index (χ1) is 39.4. The number of H-pyrrole nitrogens is 1. The lowest BCUT2D eigenvalue weighted by Gasteiger charge is -2.52. The number of fused-ring (bicyclic) bond motifs is 5. The molecule has 16 heteroatoms. The summed E-state index contributed by atoms with van der Waals surface area (Å²) in [6.07, 6.45) is 10.8. The number of carbonyl (C=O) groups is 1. The van der Waals surface area contributed by atoms with Crippen molar-refractivity contribution in [2.45, 2.75) is 131 Å². The standard InChI is InChI=1S/C65H78N2O10S4/c1-4-39-14-15-40-11-9-12-49-57(33-68)81-80-35-45-27-58(72)65(47-28-46(29-48(70)30-47)64(66-2)21-7-8-22-64,52-36-79-78-34-43-10-5-6-13-54(43)77-56-26-42(52)17-19-55(56)76-37-69)63(74)60(45)61(73)44(24-38-20-23-67-32-38)25-41-16-18-53(71)62(75-3)51(41)31-50(39)59(40)49/h9,11-12,14-20,23,26,28-30,32,43-45,52,54,57-58,60-61,66-73H,4-8,10,13,21-22,24-25,27,31,33-37H2,1-3H3. The van der Waals surface area contributed by atoms with Gasteiger partial charge < -0.3 is 55.2 Å². The van der Waals surface area contributed by atoms with Gasteiger partial charge in [-0.3, -0.25) is 4.79 Å². The highest BCUT2D eigenvalue weighted by atomic mass is 33.1. The Hall–Kier alpha value is -4.49. The lowest BCUT2D eigenvalue weighted by atomic mass is 9.52. The van der Waals surface area contributed by atoms with Crippen LogP contribution in [0.15, 0.2) is 97.3 Å². The first-order valence-corrected chi connectivity index (χ1v) is 34.0. The molecule has 3 fully saturated rings. The second-order valence-corrected chi connectivity index (χ2v) is 28.4. The number of aliphatic hydroxyl groups excluding tert-OH is 4. The van der Waals surface area contributed by atoms with Crippen LogP contribution in [0.25, 0.3) is 10.8 Å². The third-order valence-corrected chi connectivity index (χ3v) is 24.4. The summed E-state index contributed by atoms with van der Waals surface area (Å²) >= 11 is 0. The number of phenols is 2. The Morgan fingerprint density at radius 2 is 1.65 bits per heavy atom. The Morgan fingerprint density at radius 3 is 2.42 bits per heavy atom. The van der Waals surface area contributed by atoms with Crippen LogP contribution in [0.3, 0.4) is 0 Å². The summed E-state index contributed by atoms with van der Waals surface area (Å²) in [5.74, 6) is -0.101. The number of phenolic OH excluding ortho intramolecular Hbond substituents is 2. The lowest BCUT2D eigenvalue weighted by Crippen LogP contribution is -2.62. The third kappa shape index (κ3) is 11.2. The Morgan fingerprint density at radius 1 is 0.852 bits per heavy atom. The molecule has 3 aliphatic carbocycles. The van der Waals surface area contributed by atoms with Gasteiger partial charge in [0.15, 0.2) is 35.6 Å². The van der Waals surface area contributed by atoms with Crippen LogP contribution >= 0.6 is 43.2 Å². The maximum absolute atomic E-state index is 17.5. The summed E-state index contributed by atoms with van der Waals surface area (Å²) in [5.41, 5.74) is 5.69. The summed E-state index contributed by atoms with van der Waals surface area (Å²) < 4.78 is 19.0. The van der Waals surface area contributed by atoms with Gasteiger partial charge in [0, 0.05) is 64.9 Å². The minimum Gasteiger partial charge on any atom is -0.508 e. The van der Waals surface area contributed by atoms with E-state index >= 15 is 4.79 Å². The zero-order valence-corrected chi connectivity index (χ0v) is 49.9. The summed E-state index contributed by atoms with van der Waals surface area (Å²) in [7, 11) is 10.1. The molecule has 3 saturated carbocycles. The Bertz CT molecular complexity index is 3170. The second kappa shape index (κ2) is 25.4. The average molecular weight is 1180 g/mol. The van der Waals surface area contributed by atoms with Gasteiger partial charge in [-0.1, -0.05) is 118 Å². The molecule has 0 amide bonds. The van der Waals surface area contributed by atoms with E-state index in [1.165, 1.54) is 0 Å². The minimum atomic E-state index is -1.73. The van der Waals surface area contributed by atoms with Crippen LogP contribution in [0.2, 0.25) is 0 Å². The Kier molecular flexibility index (Phi) is 18.3. The van der Waals surface area contributed by atoms with Crippen LogP contribution in [0.4, 0.5) is 0 Å². The van der Waals surface area contributed by atoms with E-state index in [4.69, 9.17) is 14.2 Å². The molecule has 5 aromatic carbocycles. The fourth-order valence-electron chi connectivity index (χ4n) is 14.9. The normalized spacial score (nSPS) is 28.0. The number of nitrogens with one attached hydrogen (secondary N) is 2. The molecule has 11 rings (SSSR count). The predicted molar refractivity (Wildman–Crippen MR) is 328 cm³/mol. The van der Waals surface area contributed by atoms with Crippen molar-refractivity contribution >= 4 is 59.7 Å². The SMILES string of the molecule is CCc1ccc2cccc3c2c1Cc1c(ccc(O)c1OC)CC(Cc1cc[nH]c1)C(O)C1C(=O)C(c2cc(O)cc(C4(NC)CCCC4)c2)(C2CSSCC4CCCCC4Oc4cc2ccc4OCO)C(O)CC1CSSC3CO. The number of aryl methyl sites for hydroxylation is 1. The first kappa shape index (κ1) is 58.3. The predicted octanol–water partition coefficient (Wildman–Crippen LogP) is 11.9. The van der Waals surface area contributed by atoms with E-state index in [0.29, 0.717) is 53.6 Å². The van der Waals surface area contributed by atoms with E-state index in [1.54, 1.807) is 68.5 Å². The van der Waals surface area contributed by atoms with Gasteiger partial charge in [0.1, 0.15) is 11.9 Å². The molecule has 2 bridgehead atoms. The van der Waals surface area contributed by atoms with Gasteiger partial charge in [-0.05, 0) is 168 Å². The molecular formula is C65H78N2O10S4. The maximum Gasteiger partial charge on any atom is 0.186 e. The monoisotopic (exact) mass is 1170 g/mol. The molecule has 0 radical (unpaired) electrons. The smallest absolute Gasteiger partial charge is 0.186 e. The molecule has 8 N–H and O–H groups in total. The quantitative estimate of drug-likeness (QED) is 0.0451. The number of benzene rings is 5. The molecule has 0 spiro atoms. The molecule has 6 aromatic rings. The van der Waals surface area contributed by atoms with Crippen LogP contribution in [0, 0.1) is 23.7 Å². The summed E-state index contributed by atoms with van der Waals surface area (Å²) in [6.45, 7) is 1.43. The van der Waals surface area contributed by atoms with Gasteiger partial charge in [0.25, 0.3) is 0 Å². The van der Waals surface area contributed by atoms with Crippen molar-refractivity contribution in [2.24, 2.45) is 23.7 Å². The number of aromatic amines is 1. The van der Waals surface area contributed by atoms with Crippen LogP contribution in [-0.4, -0.2) is 105 Å². The number of aliphatic hydroxyl groups is 4. The minimum absolute atomic E-state index is 0.000692. The molecule has 3 heterocycles. The number of rotatable bonds is 11. The van der Waals surface area contributed by atoms with E-state index in [2.05, 4.69) is 47.6 Å². The van der Waals surface area contributed by atoms with Crippen molar-refractivity contribution in [3.63, 3.8) is 0 Å². The summed E-state index contributed by atoms with van der Waals surface area (Å²) in [4.78, 5) is 20.8. The largest absolute Gasteiger partial charge is 0.508 e. The number of Topliss-reactive ketones (excluding diaryl/α,β-unsaturated/α-hetero) is 1. The van der Waals surface area contributed by atoms with Crippen molar-refractivity contribution in [2.75, 3.05) is 44.8 Å². The number of methoxy groups -OCH3 is 1. The van der Waals surface area contributed by atoms with Crippen LogP contribution < -0.4 is 19.5 Å². The van der Waals surface area contributed by atoms with Crippen molar-refractivity contribution in [1.29, 1.82) is 0 Å².